The van der Waals surface area contributed by atoms with Crippen LogP contribution in [0.25, 0.3) is 0 Å². The summed E-state index contributed by atoms with van der Waals surface area (Å²) in [5.41, 5.74) is 1.02. The molecule has 0 radical (unpaired) electrons. The van der Waals surface area contributed by atoms with Crippen LogP contribution in [0, 0.1) is 0 Å². The van der Waals surface area contributed by atoms with Gasteiger partial charge in [0, 0.05) is 11.4 Å². The molecular formula is C28H42N4O8P2. The van der Waals surface area contributed by atoms with Crippen LogP contribution in [-0.4, -0.2) is 50.6 Å². The van der Waals surface area contributed by atoms with Crippen molar-refractivity contribution in [1.82, 2.24) is 10.6 Å². The number of hydrogen-bond acceptors (Lipinski definition) is 8. The summed E-state index contributed by atoms with van der Waals surface area (Å²) in [6, 6.07) is 11.6. The lowest BCUT2D eigenvalue weighted by molar-refractivity contribution is 0.225. The van der Waals surface area contributed by atoms with Gasteiger partial charge in [0.15, 0.2) is 0 Å². The second kappa shape index (κ2) is 16.2. The van der Waals surface area contributed by atoms with Crippen LogP contribution in [0.3, 0.4) is 0 Å². The maximum absolute atomic E-state index is 12.9. The molecule has 2 aromatic rings. The van der Waals surface area contributed by atoms with E-state index in [1.165, 1.54) is 0 Å². The monoisotopic (exact) mass is 624 g/mol. The van der Waals surface area contributed by atoms with Gasteiger partial charge < -0.3 is 39.4 Å². The van der Waals surface area contributed by atoms with Crippen LogP contribution in [0.2, 0.25) is 0 Å². The number of nitrogens with one attached hydrogen (secondary N) is 4. The van der Waals surface area contributed by atoms with Gasteiger partial charge in [-0.3, -0.25) is 9.13 Å². The van der Waals surface area contributed by atoms with Gasteiger partial charge in [0.1, 0.15) is 0 Å². The molecule has 0 heterocycles. The molecule has 3 rings (SSSR count). The minimum Gasteiger partial charge on any atom is -0.333 e. The number of rotatable bonds is 14. The highest BCUT2D eigenvalue weighted by Gasteiger charge is 2.30. The molecule has 4 amide bonds. The van der Waals surface area contributed by atoms with Crippen molar-refractivity contribution in [3.05, 3.63) is 48.5 Å². The minimum absolute atomic E-state index is 0.243. The summed E-state index contributed by atoms with van der Waals surface area (Å²) in [6.45, 7) is 7.94. The maximum atomic E-state index is 12.9. The summed E-state index contributed by atoms with van der Waals surface area (Å²) >= 11 is 0. The van der Waals surface area contributed by atoms with Gasteiger partial charge in [0.05, 0.1) is 49.1 Å². The second-order valence-electron chi connectivity index (χ2n) is 9.45. The third-order valence-electron chi connectivity index (χ3n) is 6.48. The molecule has 42 heavy (non-hydrogen) atoms. The first-order valence-electron chi connectivity index (χ1n) is 14.3. The zero-order valence-corrected chi connectivity index (χ0v) is 26.4. The van der Waals surface area contributed by atoms with Gasteiger partial charge in [0.2, 0.25) is 0 Å². The molecule has 232 valence electrons. The lowest BCUT2D eigenvalue weighted by Crippen LogP contribution is -2.54. The smallest absolute Gasteiger partial charge is 0.333 e. The van der Waals surface area contributed by atoms with E-state index in [0.717, 1.165) is 12.8 Å². The Balaban J connectivity index is 1.56. The van der Waals surface area contributed by atoms with Crippen molar-refractivity contribution < 1.29 is 36.8 Å². The topological polar surface area (TPSA) is 153 Å². The molecule has 2 aromatic carbocycles. The van der Waals surface area contributed by atoms with E-state index < -0.39 is 27.3 Å². The van der Waals surface area contributed by atoms with Crippen LogP contribution in [0.5, 0.6) is 0 Å². The predicted octanol–water partition coefficient (Wildman–Crippen LogP) is 5.72. The normalized spacial score (nSPS) is 17.3. The molecule has 14 heteroatoms. The number of carbonyl (C=O) groups excluding carboxylic acids is 2. The summed E-state index contributed by atoms with van der Waals surface area (Å²) < 4.78 is 47.4. The molecule has 4 N–H and O–H groups in total. The SMILES string of the molecule is CCOP(=O)(OCC)c1ccc(NC(=O)N[C@@H]2CCCC[C@H]2NC(=O)Nc2ccc(P(=O)(OCC)OCC)cc2)cc1. The Kier molecular flexibility index (Phi) is 13.0. The Labute approximate surface area is 247 Å². The van der Waals surface area contributed by atoms with Crippen LogP contribution in [0.15, 0.2) is 48.5 Å². The van der Waals surface area contributed by atoms with Gasteiger partial charge in [0.25, 0.3) is 0 Å². The molecule has 1 aliphatic carbocycles. The summed E-state index contributed by atoms with van der Waals surface area (Å²) in [5.74, 6) is 0. The second-order valence-corrected chi connectivity index (χ2v) is 13.5. The largest absolute Gasteiger partial charge is 0.361 e. The van der Waals surface area contributed by atoms with Gasteiger partial charge in [-0.2, -0.15) is 0 Å². The van der Waals surface area contributed by atoms with E-state index in [9.17, 15) is 18.7 Å². The van der Waals surface area contributed by atoms with Crippen LogP contribution in [-0.2, 0) is 27.2 Å². The van der Waals surface area contributed by atoms with Crippen LogP contribution in [0.1, 0.15) is 53.4 Å². The first-order valence-corrected chi connectivity index (χ1v) is 17.4. The lowest BCUT2D eigenvalue weighted by atomic mass is 9.90. The lowest BCUT2D eigenvalue weighted by Gasteiger charge is -2.32. The quantitative estimate of drug-likeness (QED) is 0.195. The van der Waals surface area contributed by atoms with Gasteiger partial charge >= 0.3 is 27.3 Å². The van der Waals surface area contributed by atoms with Crippen molar-refractivity contribution in [1.29, 1.82) is 0 Å². The van der Waals surface area contributed by atoms with E-state index in [2.05, 4.69) is 21.3 Å². The zero-order valence-electron chi connectivity index (χ0n) is 24.6. The number of carbonyl (C=O) groups is 2. The predicted molar refractivity (Wildman–Crippen MR) is 164 cm³/mol. The minimum atomic E-state index is -3.42. The Morgan fingerprint density at radius 2 is 0.929 bits per heavy atom. The third kappa shape index (κ3) is 9.39. The maximum Gasteiger partial charge on any atom is 0.361 e. The number of benzene rings is 2. The fraction of sp³-hybridized carbons (Fsp3) is 0.500. The van der Waals surface area contributed by atoms with E-state index in [0.29, 0.717) is 34.8 Å². The molecule has 2 atom stereocenters. The van der Waals surface area contributed by atoms with Crippen molar-refractivity contribution >= 4 is 49.2 Å². The Bertz CT molecular complexity index is 1140. The van der Waals surface area contributed by atoms with Crippen LogP contribution >= 0.6 is 15.2 Å². The summed E-state index contributed by atoms with van der Waals surface area (Å²) in [5, 5.41) is 12.3. The fourth-order valence-corrected chi connectivity index (χ4v) is 7.79. The van der Waals surface area contributed by atoms with Crippen molar-refractivity contribution in [3.8, 4) is 0 Å². The van der Waals surface area contributed by atoms with Gasteiger partial charge in [-0.15, -0.1) is 0 Å². The molecule has 12 nitrogen and oxygen atoms in total. The highest BCUT2D eigenvalue weighted by atomic mass is 31.2. The number of hydrogen-bond donors (Lipinski definition) is 4. The Morgan fingerprint density at radius 1 is 0.619 bits per heavy atom. The van der Waals surface area contributed by atoms with E-state index in [1.807, 2.05) is 0 Å². The average Bonchev–Trinajstić information content (AvgIpc) is 2.95. The molecule has 0 spiro atoms. The van der Waals surface area contributed by atoms with E-state index in [4.69, 9.17) is 18.1 Å². The van der Waals surface area contributed by atoms with Crippen molar-refractivity contribution in [3.63, 3.8) is 0 Å². The molecule has 1 saturated carbocycles. The van der Waals surface area contributed by atoms with Gasteiger partial charge in [-0.05, 0) is 89.1 Å². The van der Waals surface area contributed by atoms with Crippen molar-refractivity contribution in [2.45, 2.75) is 65.5 Å². The molecular weight excluding hydrogens is 582 g/mol. The van der Waals surface area contributed by atoms with E-state index >= 15 is 0 Å². The fourth-order valence-electron chi connectivity index (χ4n) is 4.65. The van der Waals surface area contributed by atoms with Gasteiger partial charge in [-0.25, -0.2) is 9.59 Å². The average molecular weight is 625 g/mol. The highest BCUT2D eigenvalue weighted by Crippen LogP contribution is 2.47. The van der Waals surface area contributed by atoms with Crippen molar-refractivity contribution in [2.24, 2.45) is 0 Å². The third-order valence-corrected chi connectivity index (χ3v) is 10.7. The summed E-state index contributed by atoms with van der Waals surface area (Å²) in [6.07, 6.45) is 3.26. The Hall–Kier alpha value is -2.72. The summed E-state index contributed by atoms with van der Waals surface area (Å²) in [7, 11) is -6.83. The number of anilines is 2. The number of amides is 4. The first kappa shape index (κ1) is 33.8. The standard InChI is InChI=1S/C28H42N4O8P2/c1-5-37-41(35,38-6-2)23-17-13-21(14-18-23)29-27(33)31-25-11-9-10-12-26(25)32-28(34)30-22-15-19-24(20-16-22)42(36,39-7-3)40-8-4/h13-20,25-26H,5-12H2,1-4H3,(H2,29,31,33)(H2,30,32,34)/t25-,26-/m1/s1. The Morgan fingerprint density at radius 3 is 1.21 bits per heavy atom. The highest BCUT2D eigenvalue weighted by molar-refractivity contribution is 7.62. The van der Waals surface area contributed by atoms with Gasteiger partial charge in [-0.1, -0.05) is 12.8 Å². The molecule has 0 aliphatic heterocycles. The molecule has 0 bridgehead atoms. The molecule has 1 aliphatic rings. The van der Waals surface area contributed by atoms with Crippen molar-refractivity contribution in [2.75, 3.05) is 37.1 Å². The summed E-state index contributed by atoms with van der Waals surface area (Å²) in [4.78, 5) is 25.6. The molecule has 0 aromatic heterocycles. The van der Waals surface area contributed by atoms with Crippen LogP contribution < -0.4 is 31.9 Å². The first-order chi connectivity index (χ1) is 20.2. The molecule has 0 saturated heterocycles. The molecule has 1 fully saturated rings. The molecule has 0 unspecified atom stereocenters. The van der Waals surface area contributed by atoms with E-state index in [1.54, 1.807) is 76.2 Å². The van der Waals surface area contributed by atoms with Crippen LogP contribution in [0.4, 0.5) is 21.0 Å². The van der Waals surface area contributed by atoms with E-state index in [-0.39, 0.29) is 38.5 Å². The number of urea groups is 2. The zero-order chi connectivity index (χ0) is 30.6.